The van der Waals surface area contributed by atoms with Crippen LogP contribution in [0.4, 0.5) is 0 Å². The van der Waals surface area contributed by atoms with Crippen LogP contribution < -0.4 is 0 Å². The lowest BCUT2D eigenvalue weighted by atomic mass is 10.3. The smallest absolute Gasteiger partial charge is 0.359 e. The molecule has 0 aliphatic carbocycles. The van der Waals surface area contributed by atoms with Gasteiger partial charge in [-0.25, -0.2) is 0 Å². The summed E-state index contributed by atoms with van der Waals surface area (Å²) >= 11 is 0. The van der Waals surface area contributed by atoms with Gasteiger partial charge in [0.1, 0.15) is 0 Å². The third-order valence-corrected chi connectivity index (χ3v) is 0.977. The molecule has 0 radical (unpaired) electrons. The van der Waals surface area contributed by atoms with Crippen molar-refractivity contribution in [2.45, 2.75) is 6.92 Å². The number of Topliss-reactive ketones (excluding diaryl/α,β-unsaturated/α-hetero) is 1. The molecule has 8 heavy (non-hydrogen) atoms. The van der Waals surface area contributed by atoms with Gasteiger partial charge in [-0.15, -0.1) is 0 Å². The van der Waals surface area contributed by atoms with Gasteiger partial charge in [0.25, 0.3) is 0 Å². The molecule has 0 aliphatic heterocycles. The van der Waals surface area contributed by atoms with E-state index >= 15 is 0 Å². The lowest BCUT2D eigenvalue weighted by molar-refractivity contribution is 0.101. The average Bonchev–Trinajstić information content (AvgIpc) is 2.12. The van der Waals surface area contributed by atoms with Crippen LogP contribution in [0.1, 0.15) is 18.8 Å². The molecule has 2 nitrogen and oxygen atoms in total. The molecule has 0 fully saturated rings. The summed E-state index contributed by atoms with van der Waals surface area (Å²) in [6.45, 7) is 1.53. The van der Waals surface area contributed by atoms with Crippen molar-refractivity contribution in [2.75, 3.05) is 0 Å². The summed E-state index contributed by atoms with van der Waals surface area (Å²) in [7, 11) is 0. The fourth-order valence-electron chi connectivity index (χ4n) is 0.549. The predicted molar refractivity (Wildman–Crippen MR) is 31.9 cm³/mol. The van der Waals surface area contributed by atoms with Gasteiger partial charge in [-0.1, -0.05) is 0 Å². The maximum Gasteiger partial charge on any atom is 1.00 e. The van der Waals surface area contributed by atoms with Gasteiger partial charge in [0.2, 0.25) is 0 Å². The van der Waals surface area contributed by atoms with Crippen LogP contribution >= 0.6 is 0 Å². The van der Waals surface area contributed by atoms with E-state index in [0.29, 0.717) is 5.69 Å². The third-order valence-electron chi connectivity index (χ3n) is 0.977. The van der Waals surface area contributed by atoms with Gasteiger partial charge in [0.05, 0.1) is 5.69 Å². The van der Waals surface area contributed by atoms with Crippen LogP contribution in [0.25, 0.3) is 0 Å². The number of hydrogen-bond donors (Lipinski definition) is 1. The molecule has 42 valence electrons. The summed E-state index contributed by atoms with van der Waals surface area (Å²) in [6, 6.07) is 3.55. The average molecular weight is 110 g/mol. The fraction of sp³-hybridized carbons (Fsp3) is 0.167. The third kappa shape index (κ3) is 0.780. The second-order valence-electron chi connectivity index (χ2n) is 1.64. The first kappa shape index (κ1) is 5.09. The highest BCUT2D eigenvalue weighted by molar-refractivity contribution is 5.92. The van der Waals surface area contributed by atoms with Crippen LogP contribution in [0.2, 0.25) is 0 Å². The Bertz CT molecular complexity index is 181. The van der Waals surface area contributed by atoms with Gasteiger partial charge in [0.15, 0.2) is 5.78 Å². The Morgan fingerprint density at radius 2 is 2.62 bits per heavy atom. The molecule has 1 aromatic heterocycles. The molecule has 0 amide bonds. The molecule has 0 saturated carbocycles. The molecule has 0 saturated heterocycles. The zero-order chi connectivity index (χ0) is 5.98. The molecular formula is C6H8NO+. The van der Waals surface area contributed by atoms with E-state index < -0.39 is 0 Å². The first-order valence-corrected chi connectivity index (χ1v) is 2.45. The molecule has 0 bridgehead atoms. The molecule has 0 aliphatic rings. The van der Waals surface area contributed by atoms with Crippen molar-refractivity contribution in [1.29, 1.82) is 0 Å². The lowest BCUT2D eigenvalue weighted by Gasteiger charge is -1.81. The molecule has 1 aromatic rings. The van der Waals surface area contributed by atoms with E-state index in [1.807, 2.05) is 0 Å². The molecule has 1 N–H and O–H groups in total. The van der Waals surface area contributed by atoms with Crippen molar-refractivity contribution in [1.82, 2.24) is 4.98 Å². The van der Waals surface area contributed by atoms with Crippen molar-refractivity contribution in [3.8, 4) is 0 Å². The number of aromatic amines is 1. The zero-order valence-corrected chi connectivity index (χ0v) is 4.64. The monoisotopic (exact) mass is 110 g/mol. The second-order valence-corrected chi connectivity index (χ2v) is 1.64. The largest absolute Gasteiger partial charge is 1.00 e. The summed E-state index contributed by atoms with van der Waals surface area (Å²) in [4.78, 5) is 13.3. The number of aromatic nitrogens is 1. The van der Waals surface area contributed by atoms with Gasteiger partial charge < -0.3 is 4.98 Å². The zero-order valence-electron chi connectivity index (χ0n) is 5.64. The van der Waals surface area contributed by atoms with Crippen molar-refractivity contribution in [2.24, 2.45) is 0 Å². The Hall–Kier alpha value is -1.05. The Labute approximate surface area is 49.0 Å². The van der Waals surface area contributed by atoms with Crippen LogP contribution in [0.15, 0.2) is 18.3 Å². The lowest BCUT2D eigenvalue weighted by Crippen LogP contribution is -1.89. The highest BCUT2D eigenvalue weighted by Crippen LogP contribution is 1.93. The van der Waals surface area contributed by atoms with Crippen molar-refractivity contribution in [3.05, 3.63) is 24.0 Å². The number of H-pyrrole nitrogens is 1. The fourth-order valence-corrected chi connectivity index (χ4v) is 0.549. The first-order chi connectivity index (χ1) is 3.80. The van der Waals surface area contributed by atoms with E-state index in [9.17, 15) is 4.79 Å². The minimum Gasteiger partial charge on any atom is -0.359 e. The Morgan fingerprint density at radius 3 is 2.88 bits per heavy atom. The van der Waals surface area contributed by atoms with Gasteiger partial charge >= 0.3 is 1.43 Å². The second kappa shape index (κ2) is 1.82. The standard InChI is InChI=1S/C6H7NO/c1-5(8)6-3-2-4-7-6/h2-4,7H,1H3/p+1. The molecule has 0 aromatic carbocycles. The molecule has 0 atom stereocenters. The molecule has 1 heterocycles. The highest BCUT2D eigenvalue weighted by Gasteiger charge is 1.94. The summed E-state index contributed by atoms with van der Waals surface area (Å²) in [5.41, 5.74) is 0.671. The van der Waals surface area contributed by atoms with E-state index in [4.69, 9.17) is 0 Å². The molecule has 2 heteroatoms. The summed E-state index contributed by atoms with van der Waals surface area (Å²) < 4.78 is 0. The van der Waals surface area contributed by atoms with Gasteiger partial charge in [-0.05, 0) is 12.1 Å². The van der Waals surface area contributed by atoms with Crippen LogP contribution in [-0.2, 0) is 0 Å². The maximum atomic E-state index is 10.5. The topological polar surface area (TPSA) is 32.9 Å². The van der Waals surface area contributed by atoms with Gasteiger partial charge in [0, 0.05) is 13.1 Å². The number of nitrogens with one attached hydrogen (secondary N) is 1. The Kier molecular flexibility index (Phi) is 1.16. The summed E-state index contributed by atoms with van der Waals surface area (Å²) in [6.07, 6.45) is 1.73. The molecule has 0 unspecified atom stereocenters. The number of ketones is 1. The van der Waals surface area contributed by atoms with Crippen LogP contribution in [0.3, 0.4) is 0 Å². The summed E-state index contributed by atoms with van der Waals surface area (Å²) in [5.74, 6) is 0.0787. The van der Waals surface area contributed by atoms with Crippen molar-refractivity contribution in [3.63, 3.8) is 0 Å². The van der Waals surface area contributed by atoms with Crippen molar-refractivity contribution >= 4 is 5.78 Å². The summed E-state index contributed by atoms with van der Waals surface area (Å²) in [5, 5.41) is 0. The minimum absolute atomic E-state index is 0. The maximum absolute atomic E-state index is 10.5. The number of carbonyl (C=O) groups is 1. The van der Waals surface area contributed by atoms with E-state index in [1.165, 1.54) is 6.92 Å². The Morgan fingerprint density at radius 1 is 1.88 bits per heavy atom. The van der Waals surface area contributed by atoms with Crippen LogP contribution in [0, 0.1) is 0 Å². The highest BCUT2D eigenvalue weighted by atomic mass is 16.1. The van der Waals surface area contributed by atoms with Crippen molar-refractivity contribution < 1.29 is 6.22 Å². The van der Waals surface area contributed by atoms with E-state index in [2.05, 4.69) is 4.98 Å². The number of rotatable bonds is 1. The predicted octanol–water partition coefficient (Wildman–Crippen LogP) is 1.33. The molecule has 1 rings (SSSR count). The minimum atomic E-state index is 0. The van der Waals surface area contributed by atoms with Crippen LogP contribution in [0.5, 0.6) is 0 Å². The van der Waals surface area contributed by atoms with E-state index in [-0.39, 0.29) is 7.21 Å². The Balaban J connectivity index is 0.000000640. The quantitative estimate of drug-likeness (QED) is 0.543. The van der Waals surface area contributed by atoms with Gasteiger partial charge in [-0.3, -0.25) is 4.79 Å². The molecular weight excluding hydrogens is 102 g/mol. The number of carbonyl (C=O) groups excluding carboxylic acids is 1. The first-order valence-electron chi connectivity index (χ1n) is 2.45. The number of hydrogen-bond acceptors (Lipinski definition) is 1. The normalized spacial score (nSPS) is 9.12. The molecule has 0 spiro atoms. The van der Waals surface area contributed by atoms with E-state index in [0.717, 1.165) is 0 Å². The van der Waals surface area contributed by atoms with Gasteiger partial charge in [-0.2, -0.15) is 0 Å². The van der Waals surface area contributed by atoms with E-state index in [1.54, 1.807) is 18.3 Å². The van der Waals surface area contributed by atoms with Crippen LogP contribution in [-0.4, -0.2) is 10.8 Å². The SMILES string of the molecule is CC(=O)c1ccc[nH]1.[H+].